The molecule has 2 aromatic rings. The monoisotopic (exact) mass is 265 g/mol. The molecule has 0 fully saturated rings. The van der Waals surface area contributed by atoms with Crippen LogP contribution in [-0.2, 0) is 6.18 Å². The SMILES string of the molecule is CC(Nc1ccccc1)c1ccccc1C(F)(F)F. The van der Waals surface area contributed by atoms with Gasteiger partial charge in [-0.25, -0.2) is 0 Å². The highest BCUT2D eigenvalue weighted by atomic mass is 19.4. The molecule has 19 heavy (non-hydrogen) atoms. The van der Waals surface area contributed by atoms with Crippen molar-refractivity contribution < 1.29 is 13.2 Å². The van der Waals surface area contributed by atoms with Gasteiger partial charge in [-0.15, -0.1) is 0 Å². The van der Waals surface area contributed by atoms with E-state index in [0.717, 1.165) is 11.8 Å². The van der Waals surface area contributed by atoms with Crippen molar-refractivity contribution in [3.63, 3.8) is 0 Å². The minimum atomic E-state index is -4.33. The Labute approximate surface area is 110 Å². The Bertz CT molecular complexity index is 535. The van der Waals surface area contributed by atoms with Gasteiger partial charge in [0.05, 0.1) is 5.56 Å². The minimum absolute atomic E-state index is 0.249. The highest BCUT2D eigenvalue weighted by Crippen LogP contribution is 2.35. The van der Waals surface area contributed by atoms with Gasteiger partial charge in [0.25, 0.3) is 0 Å². The maximum Gasteiger partial charge on any atom is 0.416 e. The molecule has 100 valence electrons. The molecule has 0 aliphatic heterocycles. The lowest BCUT2D eigenvalue weighted by atomic mass is 10.0. The molecule has 2 aromatic carbocycles. The highest BCUT2D eigenvalue weighted by molar-refractivity contribution is 5.46. The first-order valence-corrected chi connectivity index (χ1v) is 5.96. The Morgan fingerprint density at radius 2 is 1.47 bits per heavy atom. The standard InChI is InChI=1S/C15H14F3N/c1-11(19-12-7-3-2-4-8-12)13-9-5-6-10-14(13)15(16,17)18/h2-11,19H,1H3. The van der Waals surface area contributed by atoms with E-state index in [0.29, 0.717) is 0 Å². The summed E-state index contributed by atoms with van der Waals surface area (Å²) in [6, 6.07) is 14.4. The molecule has 0 radical (unpaired) electrons. The molecule has 0 heterocycles. The molecule has 1 unspecified atom stereocenters. The lowest BCUT2D eigenvalue weighted by Crippen LogP contribution is -2.15. The van der Waals surface area contributed by atoms with E-state index in [1.54, 1.807) is 13.0 Å². The third-order valence-electron chi connectivity index (χ3n) is 2.89. The van der Waals surface area contributed by atoms with Crippen LogP contribution >= 0.6 is 0 Å². The average Bonchev–Trinajstić information content (AvgIpc) is 2.39. The number of hydrogen-bond acceptors (Lipinski definition) is 1. The quantitative estimate of drug-likeness (QED) is 0.834. The number of alkyl halides is 3. The smallest absolute Gasteiger partial charge is 0.379 e. The van der Waals surface area contributed by atoms with Crippen LogP contribution in [-0.4, -0.2) is 0 Å². The Kier molecular flexibility index (Phi) is 3.79. The molecule has 0 bridgehead atoms. The van der Waals surface area contributed by atoms with E-state index in [2.05, 4.69) is 5.32 Å². The van der Waals surface area contributed by atoms with Crippen molar-refractivity contribution in [2.45, 2.75) is 19.1 Å². The summed E-state index contributed by atoms with van der Waals surface area (Å²) in [5.41, 5.74) is 0.455. The molecule has 1 N–H and O–H groups in total. The predicted octanol–water partition coefficient (Wildman–Crippen LogP) is 4.88. The topological polar surface area (TPSA) is 12.0 Å². The van der Waals surface area contributed by atoms with Crippen LogP contribution in [0.4, 0.5) is 18.9 Å². The van der Waals surface area contributed by atoms with Crippen LogP contribution in [0.2, 0.25) is 0 Å². The van der Waals surface area contributed by atoms with E-state index in [4.69, 9.17) is 0 Å². The molecule has 0 spiro atoms. The Morgan fingerprint density at radius 3 is 2.11 bits per heavy atom. The first-order chi connectivity index (χ1) is 8.98. The summed E-state index contributed by atoms with van der Waals surface area (Å²) in [5, 5.41) is 3.07. The summed E-state index contributed by atoms with van der Waals surface area (Å²) < 4.78 is 38.8. The van der Waals surface area contributed by atoms with Crippen LogP contribution in [0.3, 0.4) is 0 Å². The molecule has 1 nitrogen and oxygen atoms in total. The zero-order chi connectivity index (χ0) is 13.9. The summed E-state index contributed by atoms with van der Waals surface area (Å²) in [7, 11) is 0. The number of halogens is 3. The number of anilines is 1. The minimum Gasteiger partial charge on any atom is -0.379 e. The van der Waals surface area contributed by atoms with Crippen molar-refractivity contribution in [3.05, 3.63) is 65.7 Å². The number of nitrogens with one attached hydrogen (secondary N) is 1. The lowest BCUT2D eigenvalue weighted by molar-refractivity contribution is -0.138. The van der Waals surface area contributed by atoms with Crippen molar-refractivity contribution in [2.24, 2.45) is 0 Å². The third-order valence-corrected chi connectivity index (χ3v) is 2.89. The number of rotatable bonds is 3. The normalized spacial score (nSPS) is 13.1. The fourth-order valence-corrected chi connectivity index (χ4v) is 1.99. The van der Waals surface area contributed by atoms with Crippen LogP contribution in [0.1, 0.15) is 24.1 Å². The van der Waals surface area contributed by atoms with Crippen molar-refractivity contribution in [3.8, 4) is 0 Å². The number of hydrogen-bond donors (Lipinski definition) is 1. The van der Waals surface area contributed by atoms with Gasteiger partial charge in [0.2, 0.25) is 0 Å². The summed E-state index contributed by atoms with van der Waals surface area (Å²) in [4.78, 5) is 0. The second kappa shape index (κ2) is 5.34. The van der Waals surface area contributed by atoms with Gasteiger partial charge >= 0.3 is 6.18 Å². The van der Waals surface area contributed by atoms with Gasteiger partial charge in [-0.1, -0.05) is 36.4 Å². The molecule has 0 aliphatic rings. The third kappa shape index (κ3) is 3.28. The van der Waals surface area contributed by atoms with Crippen LogP contribution in [0, 0.1) is 0 Å². The lowest BCUT2D eigenvalue weighted by Gasteiger charge is -2.20. The van der Waals surface area contributed by atoms with Crippen LogP contribution in [0.15, 0.2) is 54.6 Å². The van der Waals surface area contributed by atoms with Crippen molar-refractivity contribution in [2.75, 3.05) is 5.32 Å². The van der Waals surface area contributed by atoms with Gasteiger partial charge in [-0.3, -0.25) is 0 Å². The molecule has 0 aliphatic carbocycles. The number of benzene rings is 2. The Balaban J connectivity index is 2.27. The molecular formula is C15H14F3N. The molecule has 0 saturated heterocycles. The summed E-state index contributed by atoms with van der Waals surface area (Å²) in [6.45, 7) is 1.72. The molecule has 0 aromatic heterocycles. The van der Waals surface area contributed by atoms with Crippen LogP contribution < -0.4 is 5.32 Å². The zero-order valence-corrected chi connectivity index (χ0v) is 10.4. The maximum atomic E-state index is 12.9. The first-order valence-electron chi connectivity index (χ1n) is 5.96. The summed E-state index contributed by atoms with van der Waals surface area (Å²) in [6.07, 6.45) is -4.33. The Morgan fingerprint density at radius 1 is 0.895 bits per heavy atom. The van der Waals surface area contributed by atoms with E-state index in [9.17, 15) is 13.2 Å². The Hall–Kier alpha value is -1.97. The molecule has 4 heteroatoms. The van der Waals surface area contributed by atoms with Gasteiger partial charge in [0, 0.05) is 11.7 Å². The largest absolute Gasteiger partial charge is 0.416 e. The molecule has 1 atom stereocenters. The highest BCUT2D eigenvalue weighted by Gasteiger charge is 2.34. The second-order valence-electron chi connectivity index (χ2n) is 4.32. The predicted molar refractivity (Wildman–Crippen MR) is 69.9 cm³/mol. The average molecular weight is 265 g/mol. The van der Waals surface area contributed by atoms with Crippen LogP contribution in [0.5, 0.6) is 0 Å². The molecule has 2 rings (SSSR count). The zero-order valence-electron chi connectivity index (χ0n) is 10.4. The van der Waals surface area contributed by atoms with Crippen molar-refractivity contribution in [1.29, 1.82) is 0 Å². The molecule has 0 saturated carbocycles. The van der Waals surface area contributed by atoms with Crippen LogP contribution in [0.25, 0.3) is 0 Å². The summed E-state index contributed by atoms with van der Waals surface area (Å²) >= 11 is 0. The fourth-order valence-electron chi connectivity index (χ4n) is 1.99. The van der Waals surface area contributed by atoms with Gasteiger partial charge in [0.15, 0.2) is 0 Å². The van der Waals surface area contributed by atoms with Gasteiger partial charge in [0.1, 0.15) is 0 Å². The van der Waals surface area contributed by atoms with Gasteiger partial charge < -0.3 is 5.32 Å². The summed E-state index contributed by atoms with van der Waals surface area (Å²) in [5.74, 6) is 0. The first kappa shape index (κ1) is 13.5. The van der Waals surface area contributed by atoms with Gasteiger partial charge in [-0.2, -0.15) is 13.2 Å². The van der Waals surface area contributed by atoms with E-state index in [-0.39, 0.29) is 5.56 Å². The van der Waals surface area contributed by atoms with Crippen molar-refractivity contribution in [1.82, 2.24) is 0 Å². The number of para-hydroxylation sites is 1. The fraction of sp³-hybridized carbons (Fsp3) is 0.200. The van der Waals surface area contributed by atoms with Crippen molar-refractivity contribution >= 4 is 5.69 Å². The van der Waals surface area contributed by atoms with Gasteiger partial charge in [-0.05, 0) is 30.7 Å². The van der Waals surface area contributed by atoms with E-state index in [1.165, 1.54) is 12.1 Å². The van der Waals surface area contributed by atoms with E-state index >= 15 is 0 Å². The van der Waals surface area contributed by atoms with E-state index < -0.39 is 17.8 Å². The molecular weight excluding hydrogens is 251 g/mol. The van der Waals surface area contributed by atoms with E-state index in [1.807, 2.05) is 30.3 Å². The maximum absolute atomic E-state index is 12.9. The second-order valence-corrected chi connectivity index (χ2v) is 4.32. The molecule has 0 amide bonds.